The van der Waals surface area contributed by atoms with E-state index < -0.39 is 12.0 Å². The Morgan fingerprint density at radius 3 is 2.37 bits per heavy atom. The van der Waals surface area contributed by atoms with Crippen molar-refractivity contribution in [1.82, 2.24) is 5.32 Å². The van der Waals surface area contributed by atoms with Crippen molar-refractivity contribution in [2.75, 3.05) is 7.11 Å². The summed E-state index contributed by atoms with van der Waals surface area (Å²) in [6.45, 7) is 3.92. The topological polar surface area (TPSA) is 55.4 Å². The maximum absolute atomic E-state index is 11.8. The van der Waals surface area contributed by atoms with Gasteiger partial charge in [-0.05, 0) is 11.5 Å². The van der Waals surface area contributed by atoms with Crippen LogP contribution in [0.4, 0.5) is 0 Å². The lowest BCUT2D eigenvalue weighted by molar-refractivity contribution is -0.145. The van der Waals surface area contributed by atoms with Crippen molar-refractivity contribution in [3.63, 3.8) is 0 Å². The molecule has 0 bridgehead atoms. The first-order chi connectivity index (χ1) is 9.02. The fraction of sp³-hybridized carbons (Fsp3) is 0.467. The van der Waals surface area contributed by atoms with Crippen LogP contribution in [0.5, 0.6) is 0 Å². The summed E-state index contributed by atoms with van der Waals surface area (Å²) < 4.78 is 4.74. The molecule has 0 saturated heterocycles. The number of ether oxygens (including phenoxy) is 1. The molecule has 1 rings (SSSR count). The number of methoxy groups -OCH3 is 1. The Bertz CT molecular complexity index is 415. The van der Waals surface area contributed by atoms with Crippen molar-refractivity contribution < 1.29 is 14.3 Å². The summed E-state index contributed by atoms with van der Waals surface area (Å²) in [5.74, 6) is -0.280. The molecule has 0 heterocycles. The molecule has 1 amide bonds. The summed E-state index contributed by atoms with van der Waals surface area (Å²) in [4.78, 5) is 23.5. The minimum atomic E-state index is -0.626. The van der Waals surface area contributed by atoms with E-state index in [0.717, 1.165) is 5.56 Å². The van der Waals surface area contributed by atoms with Crippen LogP contribution in [0.3, 0.4) is 0 Å². The van der Waals surface area contributed by atoms with Crippen LogP contribution in [0.2, 0.25) is 0 Å². The molecule has 0 aromatic heterocycles. The van der Waals surface area contributed by atoms with E-state index in [-0.39, 0.29) is 11.8 Å². The number of benzene rings is 1. The second-order valence-corrected chi connectivity index (χ2v) is 4.93. The summed E-state index contributed by atoms with van der Waals surface area (Å²) in [6.07, 6.45) is 0.847. The first kappa shape index (κ1) is 15.2. The van der Waals surface area contributed by atoms with E-state index in [1.807, 2.05) is 44.2 Å². The zero-order valence-electron chi connectivity index (χ0n) is 11.7. The smallest absolute Gasteiger partial charge is 0.328 e. The Kier molecular flexibility index (Phi) is 6.06. The van der Waals surface area contributed by atoms with Crippen LogP contribution < -0.4 is 5.32 Å². The van der Waals surface area contributed by atoms with Crippen LogP contribution in [0.15, 0.2) is 30.3 Å². The van der Waals surface area contributed by atoms with Gasteiger partial charge in [0, 0.05) is 12.8 Å². The highest BCUT2D eigenvalue weighted by Gasteiger charge is 2.22. The SMILES string of the molecule is COC(=O)[C@H](Cc1ccccc1)NC(=O)CC(C)C. The Balaban J connectivity index is 2.67. The second kappa shape index (κ2) is 7.56. The number of carbonyl (C=O) groups is 2. The van der Waals surface area contributed by atoms with Gasteiger partial charge in [0.1, 0.15) is 6.04 Å². The molecule has 0 spiro atoms. The summed E-state index contributed by atoms with van der Waals surface area (Å²) in [7, 11) is 1.33. The van der Waals surface area contributed by atoms with E-state index in [0.29, 0.717) is 12.8 Å². The zero-order valence-corrected chi connectivity index (χ0v) is 11.7. The number of nitrogens with one attached hydrogen (secondary N) is 1. The van der Waals surface area contributed by atoms with Gasteiger partial charge in [-0.3, -0.25) is 4.79 Å². The van der Waals surface area contributed by atoms with Crippen molar-refractivity contribution in [2.45, 2.75) is 32.7 Å². The normalized spacial score (nSPS) is 12.0. The highest BCUT2D eigenvalue weighted by atomic mass is 16.5. The number of esters is 1. The lowest BCUT2D eigenvalue weighted by Gasteiger charge is -2.17. The van der Waals surface area contributed by atoms with Crippen LogP contribution in [-0.4, -0.2) is 25.0 Å². The Hall–Kier alpha value is -1.84. The first-order valence-corrected chi connectivity index (χ1v) is 6.44. The summed E-state index contributed by atoms with van der Waals surface area (Å²) in [5, 5.41) is 2.73. The molecule has 0 aliphatic heterocycles. The second-order valence-electron chi connectivity index (χ2n) is 4.93. The average Bonchev–Trinajstić information content (AvgIpc) is 2.37. The zero-order chi connectivity index (χ0) is 14.3. The minimum absolute atomic E-state index is 0.124. The number of rotatable bonds is 6. The molecule has 1 N–H and O–H groups in total. The van der Waals surface area contributed by atoms with Gasteiger partial charge in [-0.1, -0.05) is 44.2 Å². The van der Waals surface area contributed by atoms with Crippen LogP contribution in [0.1, 0.15) is 25.8 Å². The fourth-order valence-electron chi connectivity index (χ4n) is 1.81. The molecule has 0 radical (unpaired) electrons. The standard InChI is InChI=1S/C15H21NO3/c1-11(2)9-14(17)16-13(15(18)19-3)10-12-7-5-4-6-8-12/h4-8,11,13H,9-10H2,1-3H3,(H,16,17)/t13-/m0/s1. The lowest BCUT2D eigenvalue weighted by Crippen LogP contribution is -2.43. The molecular weight excluding hydrogens is 242 g/mol. The lowest BCUT2D eigenvalue weighted by atomic mass is 10.0. The largest absolute Gasteiger partial charge is 0.467 e. The Morgan fingerprint density at radius 2 is 1.84 bits per heavy atom. The molecule has 4 nitrogen and oxygen atoms in total. The van der Waals surface area contributed by atoms with Crippen molar-refractivity contribution in [3.05, 3.63) is 35.9 Å². The third-order valence-electron chi connectivity index (χ3n) is 2.70. The quantitative estimate of drug-likeness (QED) is 0.798. The van der Waals surface area contributed by atoms with Crippen molar-refractivity contribution in [1.29, 1.82) is 0 Å². The van der Waals surface area contributed by atoms with E-state index in [9.17, 15) is 9.59 Å². The minimum Gasteiger partial charge on any atom is -0.467 e. The molecule has 0 fully saturated rings. The Morgan fingerprint density at radius 1 is 1.21 bits per heavy atom. The van der Waals surface area contributed by atoms with Crippen LogP contribution in [0.25, 0.3) is 0 Å². The number of carbonyl (C=O) groups excluding carboxylic acids is 2. The average molecular weight is 263 g/mol. The third-order valence-corrected chi connectivity index (χ3v) is 2.70. The fourth-order valence-corrected chi connectivity index (χ4v) is 1.81. The highest BCUT2D eigenvalue weighted by molar-refractivity contribution is 5.84. The summed E-state index contributed by atoms with van der Waals surface area (Å²) in [5.41, 5.74) is 0.989. The molecular formula is C15H21NO3. The van der Waals surface area contributed by atoms with Gasteiger partial charge in [0.25, 0.3) is 0 Å². The maximum atomic E-state index is 11.8. The van der Waals surface area contributed by atoms with E-state index in [4.69, 9.17) is 4.74 Å². The van der Waals surface area contributed by atoms with Gasteiger partial charge < -0.3 is 10.1 Å². The van der Waals surface area contributed by atoms with E-state index >= 15 is 0 Å². The Labute approximate surface area is 114 Å². The van der Waals surface area contributed by atoms with Crippen LogP contribution in [-0.2, 0) is 20.7 Å². The molecule has 4 heteroatoms. The molecule has 0 aliphatic rings. The number of hydrogen-bond acceptors (Lipinski definition) is 3. The molecule has 104 valence electrons. The molecule has 1 aromatic carbocycles. The van der Waals surface area contributed by atoms with Crippen LogP contribution in [0, 0.1) is 5.92 Å². The van der Waals surface area contributed by atoms with E-state index in [1.165, 1.54) is 7.11 Å². The third kappa shape index (κ3) is 5.55. The van der Waals surface area contributed by atoms with Crippen molar-refractivity contribution in [2.24, 2.45) is 5.92 Å². The van der Waals surface area contributed by atoms with Gasteiger partial charge in [-0.2, -0.15) is 0 Å². The molecule has 0 saturated carbocycles. The molecule has 0 aliphatic carbocycles. The summed E-state index contributed by atoms with van der Waals surface area (Å²) in [6, 6.07) is 8.93. The molecule has 0 unspecified atom stereocenters. The summed E-state index contributed by atoms with van der Waals surface area (Å²) >= 11 is 0. The van der Waals surface area contributed by atoms with Gasteiger partial charge in [-0.15, -0.1) is 0 Å². The van der Waals surface area contributed by atoms with Gasteiger partial charge >= 0.3 is 5.97 Å². The van der Waals surface area contributed by atoms with Crippen molar-refractivity contribution in [3.8, 4) is 0 Å². The van der Waals surface area contributed by atoms with Gasteiger partial charge in [-0.25, -0.2) is 4.79 Å². The van der Waals surface area contributed by atoms with Crippen molar-refractivity contribution >= 4 is 11.9 Å². The first-order valence-electron chi connectivity index (χ1n) is 6.44. The number of hydrogen-bond donors (Lipinski definition) is 1. The highest BCUT2D eigenvalue weighted by Crippen LogP contribution is 2.06. The maximum Gasteiger partial charge on any atom is 0.328 e. The predicted octanol–water partition coefficient (Wildman–Crippen LogP) is 1.93. The predicted molar refractivity (Wildman–Crippen MR) is 73.5 cm³/mol. The molecule has 1 aromatic rings. The van der Waals surface area contributed by atoms with Gasteiger partial charge in [0.05, 0.1) is 7.11 Å². The van der Waals surface area contributed by atoms with Gasteiger partial charge in [0.2, 0.25) is 5.91 Å². The molecule has 19 heavy (non-hydrogen) atoms. The number of amides is 1. The monoisotopic (exact) mass is 263 g/mol. The van der Waals surface area contributed by atoms with E-state index in [2.05, 4.69) is 5.32 Å². The van der Waals surface area contributed by atoms with E-state index in [1.54, 1.807) is 0 Å². The molecule has 1 atom stereocenters. The van der Waals surface area contributed by atoms with Gasteiger partial charge in [0.15, 0.2) is 0 Å². The van der Waals surface area contributed by atoms with Crippen LogP contribution >= 0.6 is 0 Å².